The Kier molecular flexibility index (Phi) is 7.75. The van der Waals surface area contributed by atoms with Crippen molar-refractivity contribution in [3.63, 3.8) is 0 Å². The van der Waals surface area contributed by atoms with Gasteiger partial charge in [-0.1, -0.05) is 30.7 Å². The monoisotopic (exact) mass is 393 g/mol. The molecule has 1 aromatic carbocycles. The van der Waals surface area contributed by atoms with Crippen molar-refractivity contribution in [3.8, 4) is 11.5 Å². The Bertz CT molecular complexity index is 780. The molecule has 8 nitrogen and oxygen atoms in total. The zero-order valence-electron chi connectivity index (χ0n) is 15.7. The Morgan fingerprint density at radius 2 is 2.00 bits per heavy atom. The number of rotatable bonds is 8. The zero-order chi connectivity index (χ0) is 19.8. The summed E-state index contributed by atoms with van der Waals surface area (Å²) in [4.78, 5) is 25.8. The minimum Gasteiger partial charge on any atom is -0.419 e. The van der Waals surface area contributed by atoms with Crippen LogP contribution in [0.1, 0.15) is 33.1 Å². The second-order valence-electron chi connectivity index (χ2n) is 5.98. The maximum Gasteiger partial charge on any atom is 0.321 e. The minimum atomic E-state index is -0.539. The highest BCUT2D eigenvalue weighted by atomic mass is 35.5. The molecular formula is C18H24ClN5O3. The average Bonchev–Trinajstić information content (AvgIpc) is 3.09. The maximum atomic E-state index is 12.3. The van der Waals surface area contributed by atoms with Crippen molar-refractivity contribution in [1.82, 2.24) is 25.7 Å². The third kappa shape index (κ3) is 5.77. The molecule has 27 heavy (non-hydrogen) atoms. The number of nitrogens with zero attached hydrogens (tertiary/aromatic N) is 3. The lowest BCUT2D eigenvalue weighted by Gasteiger charge is -2.26. The Balaban J connectivity index is 2.08. The summed E-state index contributed by atoms with van der Waals surface area (Å²) in [5, 5.41) is 13.5. The number of amides is 3. The molecule has 1 atom stereocenters. The van der Waals surface area contributed by atoms with Gasteiger partial charge in [0.15, 0.2) is 0 Å². The maximum absolute atomic E-state index is 12.3. The zero-order valence-corrected chi connectivity index (χ0v) is 16.4. The number of hydrogen-bond donors (Lipinski definition) is 2. The molecule has 1 aromatic heterocycles. The molecule has 1 heterocycles. The van der Waals surface area contributed by atoms with Crippen molar-refractivity contribution in [3.05, 3.63) is 35.2 Å². The van der Waals surface area contributed by atoms with Gasteiger partial charge in [0.25, 0.3) is 0 Å². The van der Waals surface area contributed by atoms with Gasteiger partial charge in [-0.25, -0.2) is 4.79 Å². The minimum absolute atomic E-state index is 0.287. The average molecular weight is 394 g/mol. The number of halogens is 1. The Hall–Kier alpha value is -2.45. The summed E-state index contributed by atoms with van der Waals surface area (Å²) < 4.78 is 5.72. The molecule has 0 aliphatic carbocycles. The fourth-order valence-corrected chi connectivity index (χ4v) is 2.74. The topological polar surface area (TPSA) is 100 Å². The molecule has 0 fully saturated rings. The van der Waals surface area contributed by atoms with Crippen LogP contribution in [0.5, 0.6) is 0 Å². The third-order valence-corrected chi connectivity index (χ3v) is 4.25. The van der Waals surface area contributed by atoms with Crippen molar-refractivity contribution < 1.29 is 14.0 Å². The van der Waals surface area contributed by atoms with Gasteiger partial charge in [0.05, 0.1) is 23.2 Å². The summed E-state index contributed by atoms with van der Waals surface area (Å²) in [6.07, 6.45) is 0.824. The summed E-state index contributed by atoms with van der Waals surface area (Å²) in [5.74, 6) is 0.308. The summed E-state index contributed by atoms with van der Waals surface area (Å²) >= 11 is 6.16. The van der Waals surface area contributed by atoms with E-state index in [0.29, 0.717) is 35.5 Å². The molecule has 0 spiro atoms. The van der Waals surface area contributed by atoms with Crippen LogP contribution < -0.4 is 10.6 Å². The first-order chi connectivity index (χ1) is 13.0. The predicted molar refractivity (Wildman–Crippen MR) is 102 cm³/mol. The van der Waals surface area contributed by atoms with E-state index in [1.165, 1.54) is 0 Å². The lowest BCUT2D eigenvalue weighted by Crippen LogP contribution is -2.49. The van der Waals surface area contributed by atoms with Crippen molar-refractivity contribution in [2.24, 2.45) is 0 Å². The highest BCUT2D eigenvalue weighted by Gasteiger charge is 2.24. The molecule has 0 saturated heterocycles. The molecule has 1 unspecified atom stereocenters. The predicted octanol–water partition coefficient (Wildman–Crippen LogP) is 2.84. The number of imide groups is 1. The number of carbonyl (C=O) groups excluding carboxylic acids is 2. The van der Waals surface area contributed by atoms with Gasteiger partial charge < -0.3 is 9.73 Å². The van der Waals surface area contributed by atoms with E-state index in [4.69, 9.17) is 16.0 Å². The number of nitrogens with one attached hydrogen (secondary N) is 2. The number of benzene rings is 1. The fraction of sp³-hybridized carbons (Fsp3) is 0.444. The summed E-state index contributed by atoms with van der Waals surface area (Å²) in [6.45, 7) is 6.88. The van der Waals surface area contributed by atoms with Crippen LogP contribution in [0.15, 0.2) is 28.7 Å². The summed E-state index contributed by atoms with van der Waals surface area (Å²) in [7, 11) is 0. The molecule has 3 amide bonds. The second-order valence-corrected chi connectivity index (χ2v) is 6.38. The SMILES string of the molecule is CCCN(Cc1nnc(-c2ccccc2Cl)o1)C(C)C(=O)NC(=O)NCC. The van der Waals surface area contributed by atoms with Crippen molar-refractivity contribution in [1.29, 1.82) is 0 Å². The molecule has 9 heteroatoms. The lowest BCUT2D eigenvalue weighted by molar-refractivity contribution is -0.125. The van der Waals surface area contributed by atoms with Crippen LogP contribution in [-0.2, 0) is 11.3 Å². The number of hydrogen-bond acceptors (Lipinski definition) is 6. The Labute approximate surface area is 163 Å². The van der Waals surface area contributed by atoms with Crippen LogP contribution in [0.3, 0.4) is 0 Å². The van der Waals surface area contributed by atoms with E-state index in [9.17, 15) is 9.59 Å². The molecule has 2 N–H and O–H groups in total. The molecule has 0 aliphatic rings. The first-order valence-corrected chi connectivity index (χ1v) is 9.24. The van der Waals surface area contributed by atoms with E-state index >= 15 is 0 Å². The highest BCUT2D eigenvalue weighted by Crippen LogP contribution is 2.26. The van der Waals surface area contributed by atoms with Crippen molar-refractivity contribution >= 4 is 23.5 Å². The Morgan fingerprint density at radius 1 is 1.26 bits per heavy atom. The highest BCUT2D eigenvalue weighted by molar-refractivity contribution is 6.33. The van der Waals surface area contributed by atoms with E-state index < -0.39 is 12.1 Å². The van der Waals surface area contributed by atoms with Gasteiger partial charge in [-0.05, 0) is 38.9 Å². The van der Waals surface area contributed by atoms with Gasteiger partial charge in [-0.15, -0.1) is 10.2 Å². The molecule has 146 valence electrons. The number of aromatic nitrogens is 2. The number of urea groups is 1. The van der Waals surface area contributed by atoms with E-state index in [1.54, 1.807) is 26.0 Å². The smallest absolute Gasteiger partial charge is 0.321 e. The van der Waals surface area contributed by atoms with E-state index in [0.717, 1.165) is 6.42 Å². The normalized spacial score (nSPS) is 12.0. The lowest BCUT2D eigenvalue weighted by atomic mass is 10.2. The molecular weight excluding hydrogens is 370 g/mol. The van der Waals surface area contributed by atoms with Gasteiger partial charge in [0.2, 0.25) is 17.7 Å². The first kappa shape index (κ1) is 20.9. The molecule has 2 rings (SSSR count). The Morgan fingerprint density at radius 3 is 2.67 bits per heavy atom. The fourth-order valence-electron chi connectivity index (χ4n) is 2.52. The third-order valence-electron chi connectivity index (χ3n) is 3.92. The van der Waals surface area contributed by atoms with Gasteiger partial charge in [-0.3, -0.25) is 15.0 Å². The molecule has 0 bridgehead atoms. The summed E-state index contributed by atoms with van der Waals surface area (Å²) in [5.41, 5.74) is 0.655. The second kappa shape index (κ2) is 10.0. The van der Waals surface area contributed by atoms with Crippen LogP contribution in [0, 0.1) is 0 Å². The van der Waals surface area contributed by atoms with Gasteiger partial charge in [0, 0.05) is 6.54 Å². The quantitative estimate of drug-likeness (QED) is 0.715. The van der Waals surface area contributed by atoms with Gasteiger partial charge in [-0.2, -0.15) is 0 Å². The van der Waals surface area contributed by atoms with E-state index in [1.807, 2.05) is 24.0 Å². The van der Waals surface area contributed by atoms with Crippen molar-refractivity contribution in [2.75, 3.05) is 13.1 Å². The van der Waals surface area contributed by atoms with Crippen molar-refractivity contribution in [2.45, 2.75) is 39.8 Å². The molecule has 0 radical (unpaired) electrons. The van der Waals surface area contributed by atoms with Crippen LogP contribution in [-0.4, -0.2) is 46.2 Å². The summed E-state index contributed by atoms with van der Waals surface area (Å²) in [6, 6.07) is 6.15. The van der Waals surface area contributed by atoms with Gasteiger partial charge >= 0.3 is 6.03 Å². The molecule has 2 aromatic rings. The largest absolute Gasteiger partial charge is 0.419 e. The molecule has 0 aliphatic heterocycles. The van der Waals surface area contributed by atoms with Crippen LogP contribution in [0.4, 0.5) is 4.79 Å². The van der Waals surface area contributed by atoms with E-state index in [2.05, 4.69) is 20.8 Å². The molecule has 0 saturated carbocycles. The van der Waals surface area contributed by atoms with Crippen LogP contribution in [0.25, 0.3) is 11.5 Å². The standard InChI is InChI=1S/C18H24ClN5O3/c1-4-10-24(12(3)16(25)21-18(26)20-5-2)11-15-22-23-17(27-15)13-8-6-7-9-14(13)19/h6-9,12H,4-5,10-11H2,1-3H3,(H2,20,21,25,26). The van der Waals surface area contributed by atoms with Crippen LogP contribution >= 0.6 is 11.6 Å². The van der Waals surface area contributed by atoms with Crippen LogP contribution in [0.2, 0.25) is 5.02 Å². The number of carbonyl (C=O) groups is 2. The first-order valence-electron chi connectivity index (χ1n) is 8.86. The van der Waals surface area contributed by atoms with E-state index in [-0.39, 0.29) is 12.5 Å². The van der Waals surface area contributed by atoms with Gasteiger partial charge in [0.1, 0.15) is 0 Å².